The van der Waals surface area contributed by atoms with Gasteiger partial charge in [-0.1, -0.05) is 12.1 Å². The van der Waals surface area contributed by atoms with Crippen LogP contribution in [0.5, 0.6) is 0 Å². The second-order valence-electron chi connectivity index (χ2n) is 3.40. The number of hydrogen-bond donors (Lipinski definition) is 5. The van der Waals surface area contributed by atoms with Crippen LogP contribution in [0.4, 0.5) is 5.69 Å². The van der Waals surface area contributed by atoms with Gasteiger partial charge in [-0.15, -0.1) is 0 Å². The highest BCUT2D eigenvalue weighted by Crippen LogP contribution is 2.19. The molecule has 0 aromatic heterocycles. The molecule has 92 valence electrons. The maximum absolute atomic E-state index is 10.7. The molecule has 2 atom stereocenters. The van der Waals surface area contributed by atoms with Crippen molar-refractivity contribution in [1.82, 2.24) is 0 Å². The number of aliphatic hydroxyl groups is 2. The molecule has 1 amide bonds. The standard InChI is InChI=1S/C10H13N3O3S/c11-9(16)8(15)7(14)5-1-3-6(4-2-5)13-10(12)17/h1-4,7-8,14-15H,(H2,11,16)(H3,12,13,17). The summed E-state index contributed by atoms with van der Waals surface area (Å²) in [5, 5.41) is 21.7. The molecule has 6 nitrogen and oxygen atoms in total. The first-order chi connectivity index (χ1) is 7.91. The maximum atomic E-state index is 10.7. The summed E-state index contributed by atoms with van der Waals surface area (Å²) in [6, 6.07) is 6.26. The molecule has 7 N–H and O–H groups in total. The van der Waals surface area contributed by atoms with E-state index in [1.54, 1.807) is 12.1 Å². The van der Waals surface area contributed by atoms with Crippen LogP contribution in [0.3, 0.4) is 0 Å². The fourth-order valence-corrected chi connectivity index (χ4v) is 1.36. The SMILES string of the molecule is NC(=O)C(O)C(O)c1ccc(NC(N)=S)cc1. The van der Waals surface area contributed by atoms with Gasteiger partial charge in [-0.25, -0.2) is 0 Å². The van der Waals surface area contributed by atoms with Gasteiger partial charge in [-0.2, -0.15) is 0 Å². The maximum Gasteiger partial charge on any atom is 0.249 e. The Morgan fingerprint density at radius 1 is 1.24 bits per heavy atom. The molecule has 1 aromatic carbocycles. The summed E-state index contributed by atoms with van der Waals surface area (Å²) in [6.45, 7) is 0. The Balaban J connectivity index is 2.80. The highest BCUT2D eigenvalue weighted by Gasteiger charge is 2.23. The van der Waals surface area contributed by atoms with Crippen molar-refractivity contribution in [2.75, 3.05) is 5.32 Å². The van der Waals surface area contributed by atoms with E-state index in [0.717, 1.165) is 0 Å². The second kappa shape index (κ2) is 5.58. The van der Waals surface area contributed by atoms with Gasteiger partial charge < -0.3 is 27.0 Å². The number of thiocarbonyl (C=S) groups is 1. The van der Waals surface area contributed by atoms with E-state index in [9.17, 15) is 15.0 Å². The Bertz CT molecular complexity index is 421. The first-order valence-electron chi connectivity index (χ1n) is 4.73. The Kier molecular flexibility index (Phi) is 4.38. The third-order valence-corrected chi connectivity index (χ3v) is 2.21. The highest BCUT2D eigenvalue weighted by atomic mass is 32.1. The summed E-state index contributed by atoms with van der Waals surface area (Å²) in [6.07, 6.45) is -2.99. The number of nitrogens with two attached hydrogens (primary N) is 2. The number of amides is 1. The monoisotopic (exact) mass is 255 g/mol. The predicted molar refractivity (Wildman–Crippen MR) is 67.0 cm³/mol. The van der Waals surface area contributed by atoms with Crippen LogP contribution in [0.2, 0.25) is 0 Å². The molecular weight excluding hydrogens is 242 g/mol. The van der Waals surface area contributed by atoms with Crippen molar-refractivity contribution >= 4 is 28.9 Å². The summed E-state index contributed by atoms with van der Waals surface area (Å²) in [5.41, 5.74) is 11.2. The van der Waals surface area contributed by atoms with Crippen molar-refractivity contribution in [2.45, 2.75) is 12.2 Å². The van der Waals surface area contributed by atoms with Gasteiger partial charge in [-0.05, 0) is 29.9 Å². The molecule has 0 saturated heterocycles. The first kappa shape index (κ1) is 13.4. The van der Waals surface area contributed by atoms with Crippen LogP contribution < -0.4 is 16.8 Å². The largest absolute Gasteiger partial charge is 0.385 e. The van der Waals surface area contributed by atoms with Crippen molar-refractivity contribution in [3.8, 4) is 0 Å². The van der Waals surface area contributed by atoms with Gasteiger partial charge in [0.25, 0.3) is 0 Å². The quantitative estimate of drug-likeness (QED) is 0.450. The highest BCUT2D eigenvalue weighted by molar-refractivity contribution is 7.80. The third-order valence-electron chi connectivity index (χ3n) is 2.11. The zero-order valence-corrected chi connectivity index (χ0v) is 9.65. The predicted octanol–water partition coefficient (Wildman–Crippen LogP) is -0.778. The molecule has 0 bridgehead atoms. The van der Waals surface area contributed by atoms with Crippen LogP contribution in [0.15, 0.2) is 24.3 Å². The van der Waals surface area contributed by atoms with Gasteiger partial charge in [0.2, 0.25) is 5.91 Å². The van der Waals surface area contributed by atoms with Crippen LogP contribution in [0.1, 0.15) is 11.7 Å². The first-order valence-corrected chi connectivity index (χ1v) is 5.14. The van der Waals surface area contributed by atoms with Gasteiger partial charge in [-0.3, -0.25) is 4.79 Å². The number of carbonyl (C=O) groups is 1. The van der Waals surface area contributed by atoms with Gasteiger partial charge in [0.05, 0.1) is 0 Å². The number of primary amides is 1. The number of hydrogen-bond acceptors (Lipinski definition) is 4. The molecule has 0 radical (unpaired) electrons. The zero-order chi connectivity index (χ0) is 13.0. The molecule has 0 saturated carbocycles. The minimum absolute atomic E-state index is 0.121. The molecule has 0 aliphatic rings. The van der Waals surface area contributed by atoms with Crippen LogP contribution in [0, 0.1) is 0 Å². The smallest absolute Gasteiger partial charge is 0.249 e. The van der Waals surface area contributed by atoms with E-state index in [1.165, 1.54) is 12.1 Å². The number of rotatable bonds is 4. The molecule has 0 spiro atoms. The molecule has 0 aliphatic carbocycles. The molecule has 7 heteroatoms. The number of benzene rings is 1. The van der Waals surface area contributed by atoms with Crippen LogP contribution in [0.25, 0.3) is 0 Å². The minimum atomic E-state index is -1.63. The van der Waals surface area contributed by atoms with Crippen LogP contribution in [-0.2, 0) is 4.79 Å². The van der Waals surface area contributed by atoms with E-state index in [4.69, 9.17) is 11.5 Å². The molecular formula is C10H13N3O3S. The number of carbonyl (C=O) groups excluding carboxylic acids is 1. The van der Waals surface area contributed by atoms with Gasteiger partial charge in [0.15, 0.2) is 11.2 Å². The Morgan fingerprint density at radius 2 is 1.76 bits per heavy atom. The minimum Gasteiger partial charge on any atom is -0.385 e. The Morgan fingerprint density at radius 3 is 2.18 bits per heavy atom. The lowest BCUT2D eigenvalue weighted by Crippen LogP contribution is -2.33. The molecule has 1 rings (SSSR count). The van der Waals surface area contributed by atoms with Crippen molar-refractivity contribution in [3.05, 3.63) is 29.8 Å². The van der Waals surface area contributed by atoms with E-state index < -0.39 is 18.1 Å². The normalized spacial score (nSPS) is 13.8. The molecule has 0 fully saturated rings. The summed E-state index contributed by atoms with van der Waals surface area (Å²) in [5.74, 6) is -0.983. The van der Waals surface area contributed by atoms with Crippen molar-refractivity contribution < 1.29 is 15.0 Å². The van der Waals surface area contributed by atoms with Crippen molar-refractivity contribution in [3.63, 3.8) is 0 Å². The average Bonchev–Trinajstić information content (AvgIpc) is 2.27. The molecule has 0 heterocycles. The molecule has 1 aromatic rings. The van der Waals surface area contributed by atoms with Crippen LogP contribution in [-0.4, -0.2) is 27.3 Å². The topological polar surface area (TPSA) is 122 Å². The summed E-state index contributed by atoms with van der Waals surface area (Å²) >= 11 is 4.65. The van der Waals surface area contributed by atoms with E-state index in [-0.39, 0.29) is 5.11 Å². The van der Waals surface area contributed by atoms with Gasteiger partial charge in [0, 0.05) is 5.69 Å². The van der Waals surface area contributed by atoms with E-state index >= 15 is 0 Å². The Labute approximate surface area is 103 Å². The van der Waals surface area contributed by atoms with Gasteiger partial charge in [0.1, 0.15) is 6.10 Å². The number of anilines is 1. The summed E-state index contributed by atoms with van der Waals surface area (Å²) < 4.78 is 0. The number of nitrogens with one attached hydrogen (secondary N) is 1. The van der Waals surface area contributed by atoms with E-state index in [1.807, 2.05) is 0 Å². The van der Waals surface area contributed by atoms with E-state index in [2.05, 4.69) is 17.5 Å². The molecule has 0 aliphatic heterocycles. The lowest BCUT2D eigenvalue weighted by Gasteiger charge is -2.15. The van der Waals surface area contributed by atoms with Crippen molar-refractivity contribution in [2.24, 2.45) is 11.5 Å². The average molecular weight is 255 g/mol. The lowest BCUT2D eigenvalue weighted by molar-refractivity contribution is -0.131. The number of aliphatic hydroxyl groups excluding tert-OH is 2. The van der Waals surface area contributed by atoms with Gasteiger partial charge >= 0.3 is 0 Å². The summed E-state index contributed by atoms with van der Waals surface area (Å²) in [4.78, 5) is 10.7. The summed E-state index contributed by atoms with van der Waals surface area (Å²) in [7, 11) is 0. The molecule has 2 unspecified atom stereocenters. The fraction of sp³-hybridized carbons (Fsp3) is 0.200. The van der Waals surface area contributed by atoms with Crippen LogP contribution >= 0.6 is 12.2 Å². The second-order valence-corrected chi connectivity index (χ2v) is 3.84. The lowest BCUT2D eigenvalue weighted by atomic mass is 10.0. The fourth-order valence-electron chi connectivity index (χ4n) is 1.24. The van der Waals surface area contributed by atoms with E-state index in [0.29, 0.717) is 11.3 Å². The Hall–Kier alpha value is -1.70. The third kappa shape index (κ3) is 3.66. The zero-order valence-electron chi connectivity index (χ0n) is 8.83. The van der Waals surface area contributed by atoms with Crippen molar-refractivity contribution in [1.29, 1.82) is 0 Å². The molecule has 17 heavy (non-hydrogen) atoms.